The van der Waals surface area contributed by atoms with E-state index < -0.39 is 11.9 Å². The lowest BCUT2D eigenvalue weighted by atomic mass is 10.3. The molecule has 0 aliphatic heterocycles. The maximum Gasteiger partial charge on any atom is 0.354 e. The Morgan fingerprint density at radius 1 is 1.28 bits per heavy atom. The molecule has 1 amide bonds. The highest BCUT2D eigenvalue weighted by molar-refractivity contribution is 6.01. The molecule has 0 aliphatic rings. The SMILES string of the molecule is Cc1ccc(C(=O)Nc2cccc(C(=O)O)n2)o1. The number of anilines is 1. The Morgan fingerprint density at radius 2 is 2.06 bits per heavy atom. The summed E-state index contributed by atoms with van der Waals surface area (Å²) >= 11 is 0. The standard InChI is InChI=1S/C12H10N2O4/c1-7-5-6-9(18-7)11(15)14-10-4-2-3-8(13-10)12(16)17/h2-6H,1H3,(H,16,17)(H,13,14,15). The number of amides is 1. The van der Waals surface area contributed by atoms with Crippen LogP contribution < -0.4 is 5.32 Å². The van der Waals surface area contributed by atoms with E-state index in [1.165, 1.54) is 24.3 Å². The number of aromatic carboxylic acids is 1. The van der Waals surface area contributed by atoms with Gasteiger partial charge in [-0.2, -0.15) is 0 Å². The van der Waals surface area contributed by atoms with E-state index in [0.29, 0.717) is 5.76 Å². The second-order valence-corrected chi connectivity index (χ2v) is 3.58. The number of nitrogens with zero attached hydrogens (tertiary/aromatic N) is 1. The van der Waals surface area contributed by atoms with Gasteiger partial charge in [0.15, 0.2) is 11.5 Å². The Balaban J connectivity index is 2.16. The van der Waals surface area contributed by atoms with Crippen LogP contribution in [0.3, 0.4) is 0 Å². The molecule has 0 saturated carbocycles. The van der Waals surface area contributed by atoms with E-state index in [0.717, 1.165) is 0 Å². The van der Waals surface area contributed by atoms with Crippen LogP contribution in [0.15, 0.2) is 34.7 Å². The molecular formula is C12H10N2O4. The quantitative estimate of drug-likeness (QED) is 0.863. The summed E-state index contributed by atoms with van der Waals surface area (Å²) < 4.78 is 5.14. The monoisotopic (exact) mass is 246 g/mol. The Bertz CT molecular complexity index is 604. The van der Waals surface area contributed by atoms with Crippen molar-refractivity contribution in [1.29, 1.82) is 0 Å². The molecule has 2 aromatic rings. The van der Waals surface area contributed by atoms with Crippen molar-refractivity contribution < 1.29 is 19.1 Å². The molecule has 0 aliphatic carbocycles. The molecule has 2 aromatic heterocycles. The summed E-state index contributed by atoms with van der Waals surface area (Å²) in [5, 5.41) is 11.2. The van der Waals surface area contributed by atoms with Crippen molar-refractivity contribution >= 4 is 17.7 Å². The first-order valence-electron chi connectivity index (χ1n) is 5.14. The van der Waals surface area contributed by atoms with Crippen LogP contribution in [-0.2, 0) is 0 Å². The average molecular weight is 246 g/mol. The van der Waals surface area contributed by atoms with Crippen LogP contribution in [0.25, 0.3) is 0 Å². The Morgan fingerprint density at radius 3 is 2.67 bits per heavy atom. The molecule has 0 radical (unpaired) electrons. The predicted octanol–water partition coefficient (Wildman–Crippen LogP) is 1.93. The number of nitrogens with one attached hydrogen (secondary N) is 1. The molecule has 0 atom stereocenters. The molecule has 6 nitrogen and oxygen atoms in total. The zero-order chi connectivity index (χ0) is 13.1. The number of hydrogen-bond donors (Lipinski definition) is 2. The second-order valence-electron chi connectivity index (χ2n) is 3.58. The molecule has 0 spiro atoms. The lowest BCUT2D eigenvalue weighted by molar-refractivity contribution is 0.0690. The van der Waals surface area contributed by atoms with Gasteiger partial charge in [-0.1, -0.05) is 6.07 Å². The van der Waals surface area contributed by atoms with Crippen molar-refractivity contribution in [3.63, 3.8) is 0 Å². The third kappa shape index (κ3) is 2.54. The summed E-state index contributed by atoms with van der Waals surface area (Å²) in [5.41, 5.74) is -0.136. The number of carboxylic acid groups (broad SMARTS) is 1. The van der Waals surface area contributed by atoms with Gasteiger partial charge in [-0.05, 0) is 31.2 Å². The van der Waals surface area contributed by atoms with Crippen molar-refractivity contribution in [3.8, 4) is 0 Å². The van der Waals surface area contributed by atoms with Gasteiger partial charge in [0.1, 0.15) is 11.6 Å². The van der Waals surface area contributed by atoms with Gasteiger partial charge in [0.25, 0.3) is 5.91 Å². The van der Waals surface area contributed by atoms with Crippen LogP contribution in [0.5, 0.6) is 0 Å². The Hall–Kier alpha value is -2.63. The molecular weight excluding hydrogens is 236 g/mol. The molecule has 2 heterocycles. The third-order valence-electron chi connectivity index (χ3n) is 2.17. The number of carbonyl (C=O) groups is 2. The molecule has 2 N–H and O–H groups in total. The van der Waals surface area contributed by atoms with E-state index in [1.54, 1.807) is 13.0 Å². The lowest BCUT2D eigenvalue weighted by Gasteiger charge is -2.02. The van der Waals surface area contributed by atoms with E-state index in [9.17, 15) is 9.59 Å². The van der Waals surface area contributed by atoms with Crippen molar-refractivity contribution in [3.05, 3.63) is 47.5 Å². The topological polar surface area (TPSA) is 92.4 Å². The minimum absolute atomic E-state index is 0.136. The van der Waals surface area contributed by atoms with Crippen LogP contribution in [-0.4, -0.2) is 22.0 Å². The number of carboxylic acids is 1. The number of carbonyl (C=O) groups excluding carboxylic acids is 1. The Labute approximate surface area is 102 Å². The zero-order valence-electron chi connectivity index (χ0n) is 9.51. The Kier molecular flexibility index (Phi) is 3.09. The van der Waals surface area contributed by atoms with Crippen molar-refractivity contribution in [2.75, 3.05) is 5.32 Å². The largest absolute Gasteiger partial charge is 0.477 e. The summed E-state index contributed by atoms with van der Waals surface area (Å²) in [6.45, 7) is 1.72. The third-order valence-corrected chi connectivity index (χ3v) is 2.17. The maximum absolute atomic E-state index is 11.7. The summed E-state index contributed by atoms with van der Waals surface area (Å²) in [6.07, 6.45) is 0. The zero-order valence-corrected chi connectivity index (χ0v) is 9.51. The second kappa shape index (κ2) is 4.70. The van der Waals surface area contributed by atoms with E-state index >= 15 is 0 Å². The minimum Gasteiger partial charge on any atom is -0.477 e. The first-order valence-corrected chi connectivity index (χ1v) is 5.14. The number of aromatic nitrogens is 1. The highest BCUT2D eigenvalue weighted by atomic mass is 16.4. The molecule has 0 saturated heterocycles. The average Bonchev–Trinajstić information content (AvgIpc) is 2.76. The number of rotatable bonds is 3. The number of hydrogen-bond acceptors (Lipinski definition) is 4. The van der Waals surface area contributed by atoms with Crippen molar-refractivity contribution in [2.45, 2.75) is 6.92 Å². The van der Waals surface area contributed by atoms with Crippen LogP contribution >= 0.6 is 0 Å². The van der Waals surface area contributed by atoms with Gasteiger partial charge in [0.05, 0.1) is 0 Å². The number of furan rings is 1. The number of aryl methyl sites for hydroxylation is 1. The fourth-order valence-corrected chi connectivity index (χ4v) is 1.36. The smallest absolute Gasteiger partial charge is 0.354 e. The van der Waals surface area contributed by atoms with Crippen LogP contribution in [0.4, 0.5) is 5.82 Å². The van der Waals surface area contributed by atoms with Gasteiger partial charge in [0, 0.05) is 0 Å². The molecule has 6 heteroatoms. The van der Waals surface area contributed by atoms with Gasteiger partial charge >= 0.3 is 5.97 Å². The van der Waals surface area contributed by atoms with Gasteiger partial charge in [-0.25, -0.2) is 9.78 Å². The minimum atomic E-state index is -1.15. The van der Waals surface area contributed by atoms with E-state index in [4.69, 9.17) is 9.52 Å². The van der Waals surface area contributed by atoms with Gasteiger partial charge in [-0.3, -0.25) is 4.79 Å². The highest BCUT2D eigenvalue weighted by Gasteiger charge is 2.12. The summed E-state index contributed by atoms with van der Waals surface area (Å²) in [6, 6.07) is 7.54. The highest BCUT2D eigenvalue weighted by Crippen LogP contribution is 2.10. The molecule has 92 valence electrons. The first-order chi connectivity index (χ1) is 8.56. The normalized spacial score (nSPS) is 10.1. The summed E-state index contributed by atoms with van der Waals surface area (Å²) in [5.74, 6) is -0.700. The molecule has 0 fully saturated rings. The fraction of sp³-hybridized carbons (Fsp3) is 0.0833. The maximum atomic E-state index is 11.7. The van der Waals surface area contributed by atoms with Gasteiger partial charge in [0.2, 0.25) is 0 Å². The van der Waals surface area contributed by atoms with Crippen molar-refractivity contribution in [2.24, 2.45) is 0 Å². The summed E-state index contributed by atoms with van der Waals surface area (Å²) in [4.78, 5) is 26.2. The molecule has 0 aromatic carbocycles. The van der Waals surface area contributed by atoms with E-state index in [-0.39, 0.29) is 17.3 Å². The lowest BCUT2D eigenvalue weighted by Crippen LogP contribution is -2.13. The summed E-state index contributed by atoms with van der Waals surface area (Å²) in [7, 11) is 0. The van der Waals surface area contributed by atoms with E-state index in [2.05, 4.69) is 10.3 Å². The fourth-order valence-electron chi connectivity index (χ4n) is 1.36. The van der Waals surface area contributed by atoms with Gasteiger partial charge in [-0.15, -0.1) is 0 Å². The van der Waals surface area contributed by atoms with Crippen LogP contribution in [0.2, 0.25) is 0 Å². The predicted molar refractivity (Wildman–Crippen MR) is 62.6 cm³/mol. The molecule has 0 bridgehead atoms. The first kappa shape index (κ1) is 11.8. The van der Waals surface area contributed by atoms with Crippen LogP contribution in [0.1, 0.15) is 26.8 Å². The molecule has 0 unspecified atom stereocenters. The molecule has 2 rings (SSSR count). The van der Waals surface area contributed by atoms with E-state index in [1.807, 2.05) is 0 Å². The van der Waals surface area contributed by atoms with Gasteiger partial charge < -0.3 is 14.8 Å². The van der Waals surface area contributed by atoms with Crippen molar-refractivity contribution in [1.82, 2.24) is 4.98 Å². The number of pyridine rings is 1. The van der Waals surface area contributed by atoms with Crippen LogP contribution in [0, 0.1) is 6.92 Å². The molecule has 18 heavy (non-hydrogen) atoms.